The van der Waals surface area contributed by atoms with Crippen LogP contribution in [0.4, 0.5) is 8.78 Å². The lowest BCUT2D eigenvalue weighted by Crippen LogP contribution is -2.47. The van der Waals surface area contributed by atoms with E-state index in [0.29, 0.717) is 18.4 Å². The van der Waals surface area contributed by atoms with Gasteiger partial charge in [0.2, 0.25) is 0 Å². The van der Waals surface area contributed by atoms with Crippen LogP contribution in [0.1, 0.15) is 50.3 Å². The molecule has 0 radical (unpaired) electrons. The molecule has 2 N–H and O–H groups in total. The summed E-state index contributed by atoms with van der Waals surface area (Å²) in [6.45, 7) is 7.69. The smallest absolute Gasteiger partial charge is 0.191 e. The maximum atomic E-state index is 13.8. The Morgan fingerprint density at radius 1 is 1.32 bits per heavy atom. The summed E-state index contributed by atoms with van der Waals surface area (Å²) in [7, 11) is 0. The molecule has 2 aromatic rings. The van der Waals surface area contributed by atoms with Crippen molar-refractivity contribution >= 4 is 29.9 Å². The van der Waals surface area contributed by atoms with Crippen molar-refractivity contribution in [2.45, 2.75) is 58.7 Å². The highest BCUT2D eigenvalue weighted by atomic mass is 127. The van der Waals surface area contributed by atoms with E-state index < -0.39 is 11.6 Å². The van der Waals surface area contributed by atoms with E-state index in [-0.39, 0.29) is 42.1 Å². The molecule has 0 saturated heterocycles. The van der Waals surface area contributed by atoms with Crippen molar-refractivity contribution in [1.29, 1.82) is 0 Å². The molecule has 0 fully saturated rings. The number of guanidine groups is 1. The van der Waals surface area contributed by atoms with Gasteiger partial charge in [-0.3, -0.25) is 0 Å². The Balaban J connectivity index is 0.00000280. The quantitative estimate of drug-likeness (QED) is 0.373. The van der Waals surface area contributed by atoms with Gasteiger partial charge in [-0.2, -0.15) is 0 Å². The van der Waals surface area contributed by atoms with Gasteiger partial charge in [0.05, 0.1) is 6.54 Å². The summed E-state index contributed by atoms with van der Waals surface area (Å²) in [5.74, 6) is 1.98. The Hall–Kier alpha value is -1.78. The number of aliphatic imine (C=N–C) groups is 1. The zero-order valence-electron chi connectivity index (χ0n) is 16.4. The van der Waals surface area contributed by atoms with E-state index in [1.807, 2.05) is 6.92 Å². The number of nitrogens with one attached hydrogen (secondary N) is 2. The first-order chi connectivity index (χ1) is 13.0. The van der Waals surface area contributed by atoms with Crippen LogP contribution in [0.15, 0.2) is 23.2 Å². The molecule has 0 spiro atoms. The second-order valence-electron chi connectivity index (χ2n) is 7.05. The Kier molecular flexibility index (Phi) is 8.14. The van der Waals surface area contributed by atoms with Crippen molar-refractivity contribution in [3.63, 3.8) is 0 Å². The molecule has 1 atom stereocenters. The van der Waals surface area contributed by atoms with Crippen LogP contribution in [0.2, 0.25) is 0 Å². The molecule has 1 aromatic heterocycles. The Bertz CT molecular complexity index is 821. The van der Waals surface area contributed by atoms with Crippen LogP contribution in [0.5, 0.6) is 0 Å². The van der Waals surface area contributed by atoms with E-state index >= 15 is 0 Å². The number of hydrogen-bond donors (Lipinski definition) is 2. The molecule has 1 aromatic carbocycles. The lowest BCUT2D eigenvalue weighted by atomic mass is 10.1. The highest BCUT2D eigenvalue weighted by Crippen LogP contribution is 2.20. The molecule has 2 heterocycles. The summed E-state index contributed by atoms with van der Waals surface area (Å²) < 4.78 is 29.3. The minimum Gasteiger partial charge on any atom is -0.357 e. The maximum Gasteiger partial charge on any atom is 0.191 e. The minimum absolute atomic E-state index is 0. The average molecular weight is 504 g/mol. The van der Waals surface area contributed by atoms with Gasteiger partial charge in [0, 0.05) is 37.0 Å². The Labute approximate surface area is 181 Å². The van der Waals surface area contributed by atoms with Gasteiger partial charge < -0.3 is 15.2 Å². The molecule has 0 aliphatic carbocycles. The zero-order valence-corrected chi connectivity index (χ0v) is 18.7. The third-order valence-electron chi connectivity index (χ3n) is 4.59. The van der Waals surface area contributed by atoms with E-state index in [0.717, 1.165) is 43.2 Å². The summed E-state index contributed by atoms with van der Waals surface area (Å²) >= 11 is 0. The second kappa shape index (κ2) is 10.1. The van der Waals surface area contributed by atoms with Gasteiger partial charge in [0.25, 0.3) is 0 Å². The molecular weight excluding hydrogens is 477 g/mol. The molecule has 9 heteroatoms. The van der Waals surface area contributed by atoms with Crippen LogP contribution in [0.25, 0.3) is 0 Å². The van der Waals surface area contributed by atoms with E-state index in [1.165, 1.54) is 6.07 Å². The number of aryl methyl sites for hydroxylation is 1. The summed E-state index contributed by atoms with van der Waals surface area (Å²) in [5.41, 5.74) is 0.235. The number of fused-ring (bicyclic) bond motifs is 1. The van der Waals surface area contributed by atoms with Crippen molar-refractivity contribution in [3.05, 3.63) is 47.0 Å². The second-order valence-corrected chi connectivity index (χ2v) is 7.05. The fourth-order valence-corrected chi connectivity index (χ4v) is 3.24. The molecule has 1 unspecified atom stereocenters. The van der Waals surface area contributed by atoms with Gasteiger partial charge in [-0.05, 0) is 31.5 Å². The third-order valence-corrected chi connectivity index (χ3v) is 4.59. The monoisotopic (exact) mass is 504 g/mol. The number of aromatic nitrogens is 3. The average Bonchev–Trinajstić information content (AvgIpc) is 3.06. The normalized spacial score (nSPS) is 16.5. The zero-order chi connectivity index (χ0) is 19.4. The molecular formula is C19H27F2IN6. The van der Waals surface area contributed by atoms with Gasteiger partial charge in [-0.1, -0.05) is 13.8 Å². The van der Waals surface area contributed by atoms with Crippen LogP contribution in [0, 0.1) is 11.6 Å². The van der Waals surface area contributed by atoms with Crippen LogP contribution < -0.4 is 10.6 Å². The summed E-state index contributed by atoms with van der Waals surface area (Å²) in [6.07, 6.45) is 1.75. The highest BCUT2D eigenvalue weighted by molar-refractivity contribution is 14.0. The van der Waals surface area contributed by atoms with Crippen LogP contribution in [-0.4, -0.2) is 33.3 Å². The lowest BCUT2D eigenvalue weighted by Gasteiger charge is -2.27. The van der Waals surface area contributed by atoms with Crippen LogP contribution in [-0.2, 0) is 19.5 Å². The molecule has 0 bridgehead atoms. The van der Waals surface area contributed by atoms with E-state index in [4.69, 9.17) is 0 Å². The standard InChI is InChI=1S/C19H26F2N6.HI/c1-4-22-19(23-10-13-9-14(20)5-7-16(13)21)24-15-6-8-17-25-26-18(12(2)3)27(17)11-15;/h5,7,9,12,15H,4,6,8,10-11H2,1-3H3,(H2,22,23,24);1H. The van der Waals surface area contributed by atoms with Crippen LogP contribution in [0.3, 0.4) is 0 Å². The fraction of sp³-hybridized carbons (Fsp3) is 0.526. The molecule has 1 aliphatic rings. The van der Waals surface area contributed by atoms with Gasteiger partial charge >= 0.3 is 0 Å². The summed E-state index contributed by atoms with van der Waals surface area (Å²) in [5, 5.41) is 15.2. The first kappa shape index (κ1) is 22.5. The van der Waals surface area contributed by atoms with Crippen molar-refractivity contribution in [1.82, 2.24) is 25.4 Å². The molecule has 0 amide bonds. The van der Waals surface area contributed by atoms with Gasteiger partial charge in [0.1, 0.15) is 23.3 Å². The number of rotatable bonds is 5. The van der Waals surface area contributed by atoms with Gasteiger partial charge in [0.15, 0.2) is 5.96 Å². The molecule has 28 heavy (non-hydrogen) atoms. The van der Waals surface area contributed by atoms with Crippen LogP contribution >= 0.6 is 24.0 Å². The molecule has 154 valence electrons. The first-order valence-corrected chi connectivity index (χ1v) is 9.38. The number of nitrogens with zero attached hydrogens (tertiary/aromatic N) is 4. The Morgan fingerprint density at radius 2 is 2.11 bits per heavy atom. The number of hydrogen-bond acceptors (Lipinski definition) is 3. The first-order valence-electron chi connectivity index (χ1n) is 9.38. The molecule has 0 saturated carbocycles. The predicted octanol–water partition coefficient (Wildman–Crippen LogP) is 3.37. The molecule has 6 nitrogen and oxygen atoms in total. The van der Waals surface area contributed by atoms with Crippen molar-refractivity contribution in [2.75, 3.05) is 6.54 Å². The number of halogens is 3. The van der Waals surface area contributed by atoms with E-state index in [9.17, 15) is 8.78 Å². The Morgan fingerprint density at radius 3 is 2.82 bits per heavy atom. The summed E-state index contributed by atoms with van der Waals surface area (Å²) in [6, 6.07) is 3.59. The van der Waals surface area contributed by atoms with Crippen molar-refractivity contribution in [3.8, 4) is 0 Å². The van der Waals surface area contributed by atoms with E-state index in [2.05, 4.69) is 44.2 Å². The van der Waals surface area contributed by atoms with Gasteiger partial charge in [-0.25, -0.2) is 13.8 Å². The number of benzene rings is 1. The third kappa shape index (κ3) is 5.39. The largest absolute Gasteiger partial charge is 0.357 e. The van der Waals surface area contributed by atoms with E-state index in [1.54, 1.807) is 0 Å². The fourth-order valence-electron chi connectivity index (χ4n) is 3.24. The summed E-state index contributed by atoms with van der Waals surface area (Å²) in [4.78, 5) is 4.43. The van der Waals surface area contributed by atoms with Crippen molar-refractivity contribution < 1.29 is 8.78 Å². The van der Waals surface area contributed by atoms with Gasteiger partial charge in [-0.15, -0.1) is 34.2 Å². The highest BCUT2D eigenvalue weighted by Gasteiger charge is 2.24. The predicted molar refractivity (Wildman–Crippen MR) is 116 cm³/mol. The van der Waals surface area contributed by atoms with Crippen molar-refractivity contribution in [2.24, 2.45) is 4.99 Å². The topological polar surface area (TPSA) is 67.1 Å². The molecule has 3 rings (SSSR count). The SMILES string of the molecule is CCNC(=NCc1cc(F)ccc1F)NC1CCc2nnc(C(C)C)n2C1.I. The minimum atomic E-state index is -0.465. The maximum absolute atomic E-state index is 13.8. The lowest BCUT2D eigenvalue weighted by molar-refractivity contribution is 0.407. The molecule has 1 aliphatic heterocycles.